The molecule has 1 fully saturated rings. The predicted octanol–water partition coefficient (Wildman–Crippen LogP) is 3.21. The number of fused-ring (bicyclic) bond motifs is 1. The number of rotatable bonds is 5. The molecule has 0 atom stereocenters. The van der Waals surface area contributed by atoms with E-state index < -0.39 is 11.5 Å². The first-order valence-corrected chi connectivity index (χ1v) is 10.3. The Kier molecular flexibility index (Phi) is 6.06. The molecule has 0 radical (unpaired) electrons. The monoisotopic (exact) mass is 422 g/mol. The zero-order valence-corrected chi connectivity index (χ0v) is 17.5. The van der Waals surface area contributed by atoms with Gasteiger partial charge in [0.1, 0.15) is 17.1 Å². The molecule has 1 saturated heterocycles. The molecule has 4 rings (SSSR count). The lowest BCUT2D eigenvalue weighted by Gasteiger charge is -2.44. The average molecular weight is 422 g/mol. The minimum absolute atomic E-state index is 0.0596. The van der Waals surface area contributed by atoms with Gasteiger partial charge in [0.2, 0.25) is 0 Å². The highest BCUT2D eigenvalue weighted by molar-refractivity contribution is 6.01. The Bertz CT molecular complexity index is 1010. The number of carbonyl (C=O) groups is 2. The van der Waals surface area contributed by atoms with Crippen LogP contribution in [0, 0.1) is 0 Å². The van der Waals surface area contributed by atoms with Crippen molar-refractivity contribution in [1.82, 2.24) is 10.4 Å². The molecular formula is C24H26N2O5. The molecule has 1 spiro atoms. The van der Waals surface area contributed by atoms with Gasteiger partial charge in [0.15, 0.2) is 5.78 Å². The second kappa shape index (κ2) is 8.91. The summed E-state index contributed by atoms with van der Waals surface area (Å²) in [5, 5.41) is 8.58. The van der Waals surface area contributed by atoms with E-state index >= 15 is 0 Å². The summed E-state index contributed by atoms with van der Waals surface area (Å²) in [6, 6.07) is 13.4. The number of ether oxygens (including phenoxy) is 2. The highest BCUT2D eigenvalue weighted by atomic mass is 16.5. The number of hydrogen-bond acceptors (Lipinski definition) is 6. The zero-order chi connectivity index (χ0) is 21.8. The third-order valence-corrected chi connectivity index (χ3v) is 5.96. The van der Waals surface area contributed by atoms with Gasteiger partial charge < -0.3 is 9.47 Å². The summed E-state index contributed by atoms with van der Waals surface area (Å²) in [5.74, 6) is 0.889. The van der Waals surface area contributed by atoms with Gasteiger partial charge in [-0.2, -0.15) is 0 Å². The van der Waals surface area contributed by atoms with E-state index in [0.717, 1.165) is 38.2 Å². The number of nitrogens with zero attached hydrogens (tertiary/aromatic N) is 1. The van der Waals surface area contributed by atoms with Gasteiger partial charge in [-0.3, -0.25) is 19.7 Å². The zero-order valence-electron chi connectivity index (χ0n) is 17.5. The third kappa shape index (κ3) is 4.78. The lowest BCUT2D eigenvalue weighted by atomic mass is 9.82. The second-order valence-corrected chi connectivity index (χ2v) is 8.08. The Morgan fingerprint density at radius 3 is 2.81 bits per heavy atom. The van der Waals surface area contributed by atoms with Gasteiger partial charge in [0, 0.05) is 38.6 Å². The number of carbonyl (C=O) groups excluding carboxylic acids is 2. The number of ketones is 1. The Morgan fingerprint density at radius 2 is 2.06 bits per heavy atom. The van der Waals surface area contributed by atoms with Crippen LogP contribution in [-0.2, 0) is 11.3 Å². The smallest absolute Gasteiger partial charge is 0.267 e. The highest BCUT2D eigenvalue weighted by Gasteiger charge is 2.42. The van der Waals surface area contributed by atoms with Crippen molar-refractivity contribution in [3.8, 4) is 11.5 Å². The Labute approximate surface area is 181 Å². The fourth-order valence-electron chi connectivity index (χ4n) is 4.25. The number of Topliss-reactive ketones (excluding diaryl/α,β-unsaturated/α-hetero) is 1. The van der Waals surface area contributed by atoms with Crippen LogP contribution in [0.5, 0.6) is 11.5 Å². The highest BCUT2D eigenvalue weighted by Crippen LogP contribution is 2.40. The quantitative estimate of drug-likeness (QED) is 0.437. The van der Waals surface area contributed by atoms with Crippen LogP contribution in [0.25, 0.3) is 6.08 Å². The van der Waals surface area contributed by atoms with Gasteiger partial charge in [0.05, 0.1) is 19.1 Å². The van der Waals surface area contributed by atoms with Crippen molar-refractivity contribution in [2.24, 2.45) is 0 Å². The summed E-state index contributed by atoms with van der Waals surface area (Å²) >= 11 is 0. The predicted molar refractivity (Wildman–Crippen MR) is 115 cm³/mol. The minimum Gasteiger partial charge on any atom is -0.497 e. The topological polar surface area (TPSA) is 88.1 Å². The standard InChI is InChI=1S/C24H26N2O5/c1-30-19-4-2-3-18(13-19)16-26-11-9-24(10-12-26)15-21(27)20-14-17(5-7-22(20)31-24)6-8-23(28)25-29/h2-8,13-14,29H,9-12,15-16H2,1H3,(H,25,28). The molecule has 0 unspecified atom stereocenters. The molecule has 2 aliphatic heterocycles. The van der Waals surface area contributed by atoms with Gasteiger partial charge in [-0.1, -0.05) is 18.2 Å². The van der Waals surface area contributed by atoms with Crippen LogP contribution in [0.2, 0.25) is 0 Å². The number of amides is 1. The van der Waals surface area contributed by atoms with Crippen molar-refractivity contribution in [3.05, 3.63) is 65.2 Å². The normalized spacial score (nSPS) is 17.9. The molecule has 2 heterocycles. The molecule has 7 nitrogen and oxygen atoms in total. The van der Waals surface area contributed by atoms with Gasteiger partial charge in [0.25, 0.3) is 5.91 Å². The number of hydroxylamine groups is 1. The van der Waals surface area contributed by atoms with Crippen LogP contribution in [0.3, 0.4) is 0 Å². The minimum atomic E-state index is -0.625. The number of nitrogens with one attached hydrogen (secondary N) is 1. The summed E-state index contributed by atoms with van der Waals surface area (Å²) in [6.45, 7) is 2.56. The number of methoxy groups -OCH3 is 1. The van der Waals surface area contributed by atoms with Crippen LogP contribution in [0.1, 0.15) is 40.7 Å². The number of piperidine rings is 1. The largest absolute Gasteiger partial charge is 0.497 e. The molecule has 31 heavy (non-hydrogen) atoms. The number of likely N-dealkylation sites (tertiary alicyclic amines) is 1. The van der Waals surface area contributed by atoms with Crippen LogP contribution in [-0.4, -0.2) is 47.6 Å². The van der Waals surface area contributed by atoms with E-state index in [1.54, 1.807) is 36.9 Å². The summed E-state index contributed by atoms with van der Waals surface area (Å²) < 4.78 is 11.7. The van der Waals surface area contributed by atoms with Gasteiger partial charge in [-0.05, 0) is 41.5 Å². The SMILES string of the molecule is COc1cccc(CN2CCC3(CC2)CC(=O)c2cc(C=CC(=O)NO)ccc2O3)c1. The molecular weight excluding hydrogens is 396 g/mol. The first-order valence-electron chi connectivity index (χ1n) is 10.3. The van der Waals surface area contributed by atoms with Gasteiger partial charge >= 0.3 is 0 Å². The molecule has 2 aliphatic rings. The van der Waals surface area contributed by atoms with Crippen LogP contribution in [0.4, 0.5) is 0 Å². The van der Waals surface area contributed by atoms with E-state index in [1.165, 1.54) is 11.6 Å². The van der Waals surface area contributed by atoms with Crippen LogP contribution < -0.4 is 15.0 Å². The van der Waals surface area contributed by atoms with Crippen molar-refractivity contribution >= 4 is 17.8 Å². The third-order valence-electron chi connectivity index (χ3n) is 5.96. The number of benzene rings is 2. The summed E-state index contributed by atoms with van der Waals surface area (Å²) in [5.41, 5.74) is 3.53. The van der Waals surface area contributed by atoms with Crippen LogP contribution >= 0.6 is 0 Å². The maximum Gasteiger partial charge on any atom is 0.267 e. The van der Waals surface area contributed by atoms with Crippen molar-refractivity contribution in [2.75, 3.05) is 20.2 Å². The molecule has 0 aromatic heterocycles. The van der Waals surface area contributed by atoms with Crippen molar-refractivity contribution in [1.29, 1.82) is 0 Å². The summed E-state index contributed by atoms with van der Waals surface area (Å²) in [4.78, 5) is 26.4. The second-order valence-electron chi connectivity index (χ2n) is 8.08. The van der Waals surface area contributed by atoms with E-state index in [-0.39, 0.29) is 5.78 Å². The Hall–Kier alpha value is -3.16. The molecule has 0 saturated carbocycles. The number of hydrogen-bond donors (Lipinski definition) is 2. The molecule has 7 heteroatoms. The molecule has 162 valence electrons. The lowest BCUT2D eigenvalue weighted by Crippen LogP contribution is -2.50. The molecule has 2 aromatic rings. The van der Waals surface area contributed by atoms with Crippen molar-refractivity contribution < 1.29 is 24.3 Å². The van der Waals surface area contributed by atoms with Gasteiger partial charge in [-0.15, -0.1) is 0 Å². The van der Waals surface area contributed by atoms with Gasteiger partial charge in [-0.25, -0.2) is 5.48 Å². The van der Waals surface area contributed by atoms with E-state index in [2.05, 4.69) is 17.0 Å². The van der Waals surface area contributed by atoms with E-state index in [0.29, 0.717) is 23.3 Å². The molecule has 0 aliphatic carbocycles. The maximum atomic E-state index is 12.9. The Balaban J connectivity index is 1.41. The molecule has 2 aromatic carbocycles. The lowest BCUT2D eigenvalue weighted by molar-refractivity contribution is -0.124. The molecule has 1 amide bonds. The maximum absolute atomic E-state index is 12.9. The van der Waals surface area contributed by atoms with E-state index in [1.807, 2.05) is 12.1 Å². The Morgan fingerprint density at radius 1 is 1.26 bits per heavy atom. The summed E-state index contributed by atoms with van der Waals surface area (Å²) in [7, 11) is 1.67. The first kappa shape index (κ1) is 21.1. The average Bonchev–Trinajstić information content (AvgIpc) is 2.79. The fourth-order valence-corrected chi connectivity index (χ4v) is 4.25. The summed E-state index contributed by atoms with van der Waals surface area (Å²) in [6.07, 6.45) is 4.69. The van der Waals surface area contributed by atoms with E-state index in [4.69, 9.17) is 14.7 Å². The first-order chi connectivity index (χ1) is 15.0. The fraction of sp³-hybridized carbons (Fsp3) is 0.333. The molecule has 0 bridgehead atoms. The molecule has 2 N–H and O–H groups in total. The van der Waals surface area contributed by atoms with Crippen molar-refractivity contribution in [3.63, 3.8) is 0 Å². The van der Waals surface area contributed by atoms with Crippen LogP contribution in [0.15, 0.2) is 48.5 Å². The van der Waals surface area contributed by atoms with E-state index in [9.17, 15) is 9.59 Å². The van der Waals surface area contributed by atoms with Crippen molar-refractivity contribution in [2.45, 2.75) is 31.4 Å².